The van der Waals surface area contributed by atoms with Crippen LogP contribution in [0.4, 0.5) is 5.69 Å². The van der Waals surface area contributed by atoms with Gasteiger partial charge in [0.25, 0.3) is 5.91 Å². The number of carbonyl (C=O) groups excluding carboxylic acids is 2. The summed E-state index contributed by atoms with van der Waals surface area (Å²) in [5.41, 5.74) is 0.523. The first kappa shape index (κ1) is 16.1. The van der Waals surface area contributed by atoms with Gasteiger partial charge in [-0.25, -0.2) is 4.79 Å². The molecule has 1 N–H and O–H groups in total. The molecule has 0 radical (unpaired) electrons. The fourth-order valence-electron chi connectivity index (χ4n) is 2.13. The van der Waals surface area contributed by atoms with Gasteiger partial charge in [0.1, 0.15) is 6.61 Å². The van der Waals surface area contributed by atoms with Crippen molar-refractivity contribution >= 4 is 29.2 Å². The fraction of sp³-hybridized carbons (Fsp3) is 0.176. The highest BCUT2D eigenvalue weighted by atomic mass is 35.5. The molecule has 1 heterocycles. The minimum absolute atomic E-state index is 0.0335. The van der Waals surface area contributed by atoms with Crippen molar-refractivity contribution < 1.29 is 23.8 Å². The van der Waals surface area contributed by atoms with Crippen molar-refractivity contribution in [2.75, 3.05) is 18.5 Å². The summed E-state index contributed by atoms with van der Waals surface area (Å²) in [5.74, 6) is -0.0946. The quantitative estimate of drug-likeness (QED) is 0.861. The zero-order chi connectivity index (χ0) is 16.9. The molecular weight excluding hydrogens is 334 g/mol. The van der Waals surface area contributed by atoms with Crippen LogP contribution in [0, 0.1) is 0 Å². The highest BCUT2D eigenvalue weighted by molar-refractivity contribution is 6.30. The van der Waals surface area contributed by atoms with E-state index in [9.17, 15) is 9.59 Å². The van der Waals surface area contributed by atoms with Gasteiger partial charge < -0.3 is 19.5 Å². The predicted molar refractivity (Wildman–Crippen MR) is 87.4 cm³/mol. The first-order valence-electron chi connectivity index (χ1n) is 7.22. The van der Waals surface area contributed by atoms with Crippen molar-refractivity contribution in [3.63, 3.8) is 0 Å². The molecule has 0 aliphatic carbocycles. The van der Waals surface area contributed by atoms with E-state index >= 15 is 0 Å². The van der Waals surface area contributed by atoms with Crippen LogP contribution in [0.5, 0.6) is 11.5 Å². The molecule has 1 aliphatic rings. The standard InChI is InChI=1S/C17H14ClNO5/c18-11-4-3-5-12(8-11)19-16(20)10-23-17(21)15-9-22-13-6-1-2-7-14(13)24-15/h1-8,15H,9-10H2,(H,19,20)/t15-/m1/s1. The monoisotopic (exact) mass is 347 g/mol. The first-order chi connectivity index (χ1) is 11.6. The third-order valence-electron chi connectivity index (χ3n) is 3.23. The van der Waals surface area contributed by atoms with Crippen molar-refractivity contribution in [2.45, 2.75) is 6.10 Å². The van der Waals surface area contributed by atoms with E-state index in [0.717, 1.165) is 0 Å². The average molecular weight is 348 g/mol. The number of esters is 1. The maximum atomic E-state index is 12.0. The number of halogens is 1. The number of hydrogen-bond acceptors (Lipinski definition) is 5. The van der Waals surface area contributed by atoms with Gasteiger partial charge in [0, 0.05) is 10.7 Å². The van der Waals surface area contributed by atoms with Crippen molar-refractivity contribution in [1.82, 2.24) is 0 Å². The molecule has 24 heavy (non-hydrogen) atoms. The third kappa shape index (κ3) is 3.97. The van der Waals surface area contributed by atoms with Crippen molar-refractivity contribution in [1.29, 1.82) is 0 Å². The summed E-state index contributed by atoms with van der Waals surface area (Å²) in [6.07, 6.45) is -0.904. The van der Waals surface area contributed by atoms with Crippen LogP contribution in [0.15, 0.2) is 48.5 Å². The lowest BCUT2D eigenvalue weighted by Gasteiger charge is -2.24. The predicted octanol–water partition coefficient (Wildman–Crippen LogP) is 2.66. The van der Waals surface area contributed by atoms with E-state index in [4.69, 9.17) is 25.8 Å². The molecular formula is C17H14ClNO5. The van der Waals surface area contributed by atoms with Crippen LogP contribution in [-0.4, -0.2) is 31.2 Å². The van der Waals surface area contributed by atoms with E-state index in [1.54, 1.807) is 48.5 Å². The van der Waals surface area contributed by atoms with Gasteiger partial charge in [-0.15, -0.1) is 0 Å². The van der Waals surface area contributed by atoms with E-state index in [1.807, 2.05) is 0 Å². The SMILES string of the molecule is O=C(COC(=O)[C@H]1COc2ccccc2O1)Nc1cccc(Cl)c1. The summed E-state index contributed by atoms with van der Waals surface area (Å²) in [4.78, 5) is 23.8. The van der Waals surface area contributed by atoms with Gasteiger partial charge in [-0.1, -0.05) is 29.8 Å². The van der Waals surface area contributed by atoms with Crippen molar-refractivity contribution in [2.24, 2.45) is 0 Å². The van der Waals surface area contributed by atoms with Crippen LogP contribution in [0.25, 0.3) is 0 Å². The summed E-state index contributed by atoms with van der Waals surface area (Å²) < 4.78 is 15.9. The van der Waals surface area contributed by atoms with Gasteiger partial charge in [0.15, 0.2) is 18.1 Å². The lowest BCUT2D eigenvalue weighted by molar-refractivity contribution is -0.156. The molecule has 2 aromatic carbocycles. The zero-order valence-corrected chi connectivity index (χ0v) is 13.3. The van der Waals surface area contributed by atoms with Crippen LogP contribution in [-0.2, 0) is 14.3 Å². The summed E-state index contributed by atoms with van der Waals surface area (Å²) >= 11 is 5.83. The second-order valence-corrected chi connectivity index (χ2v) is 5.47. The average Bonchev–Trinajstić information content (AvgIpc) is 2.59. The molecule has 2 aromatic rings. The number of anilines is 1. The molecule has 0 bridgehead atoms. The summed E-state index contributed by atoms with van der Waals surface area (Å²) in [7, 11) is 0. The minimum Gasteiger partial charge on any atom is -0.485 e. The lowest BCUT2D eigenvalue weighted by Crippen LogP contribution is -2.39. The first-order valence-corrected chi connectivity index (χ1v) is 7.60. The normalized spacial score (nSPS) is 15.5. The van der Waals surface area contributed by atoms with Gasteiger partial charge in [0.05, 0.1) is 0 Å². The number of rotatable bonds is 4. The summed E-state index contributed by atoms with van der Waals surface area (Å²) in [6.45, 7) is -0.390. The zero-order valence-electron chi connectivity index (χ0n) is 12.5. The second-order valence-electron chi connectivity index (χ2n) is 5.03. The number of benzene rings is 2. The largest absolute Gasteiger partial charge is 0.485 e. The number of nitrogens with one attached hydrogen (secondary N) is 1. The van der Waals surface area contributed by atoms with Gasteiger partial charge >= 0.3 is 5.97 Å². The van der Waals surface area contributed by atoms with E-state index < -0.39 is 24.6 Å². The van der Waals surface area contributed by atoms with Crippen LogP contribution >= 0.6 is 11.6 Å². The number of ether oxygens (including phenoxy) is 3. The van der Waals surface area contributed by atoms with Gasteiger partial charge in [-0.3, -0.25) is 4.79 Å². The van der Waals surface area contributed by atoms with Crippen LogP contribution < -0.4 is 14.8 Å². The number of fused-ring (bicyclic) bond motifs is 1. The Hall–Kier alpha value is -2.73. The molecule has 7 heteroatoms. The summed E-state index contributed by atoms with van der Waals surface area (Å²) in [5, 5.41) is 3.08. The van der Waals surface area contributed by atoms with Crippen LogP contribution in [0.1, 0.15) is 0 Å². The Morgan fingerprint density at radius 2 is 1.96 bits per heavy atom. The molecule has 6 nitrogen and oxygen atoms in total. The Balaban J connectivity index is 1.50. The molecule has 1 amide bonds. The smallest absolute Gasteiger partial charge is 0.351 e. The van der Waals surface area contributed by atoms with Crippen LogP contribution in [0.2, 0.25) is 5.02 Å². The van der Waals surface area contributed by atoms with Crippen LogP contribution in [0.3, 0.4) is 0 Å². The number of hydrogen-bond donors (Lipinski definition) is 1. The Kier molecular flexibility index (Phi) is 4.86. The molecule has 0 saturated heterocycles. The molecule has 0 unspecified atom stereocenters. The summed E-state index contributed by atoms with van der Waals surface area (Å²) in [6, 6.07) is 13.7. The van der Waals surface area contributed by atoms with Crippen molar-refractivity contribution in [3.05, 3.63) is 53.6 Å². The molecule has 124 valence electrons. The Morgan fingerprint density at radius 1 is 1.17 bits per heavy atom. The lowest BCUT2D eigenvalue weighted by atomic mass is 10.2. The Bertz CT molecular complexity index is 764. The molecule has 1 atom stereocenters. The Morgan fingerprint density at radius 3 is 2.75 bits per heavy atom. The van der Waals surface area contributed by atoms with Gasteiger partial charge in [0.2, 0.25) is 6.10 Å². The minimum atomic E-state index is -0.904. The Labute approximate surface area is 143 Å². The second kappa shape index (κ2) is 7.23. The number of amides is 1. The van der Waals surface area contributed by atoms with Gasteiger partial charge in [-0.05, 0) is 30.3 Å². The van der Waals surface area contributed by atoms with E-state index in [1.165, 1.54) is 0 Å². The molecule has 0 spiro atoms. The molecule has 3 rings (SSSR count). The van der Waals surface area contributed by atoms with Gasteiger partial charge in [-0.2, -0.15) is 0 Å². The molecule has 0 aromatic heterocycles. The maximum Gasteiger partial charge on any atom is 0.351 e. The van der Waals surface area contributed by atoms with E-state index in [-0.39, 0.29) is 6.61 Å². The number of carbonyl (C=O) groups is 2. The molecule has 1 aliphatic heterocycles. The molecule has 0 fully saturated rings. The van der Waals surface area contributed by atoms with E-state index in [2.05, 4.69) is 5.32 Å². The number of para-hydroxylation sites is 2. The topological polar surface area (TPSA) is 73.9 Å². The third-order valence-corrected chi connectivity index (χ3v) is 3.46. The van der Waals surface area contributed by atoms with Crippen molar-refractivity contribution in [3.8, 4) is 11.5 Å². The fourth-order valence-corrected chi connectivity index (χ4v) is 2.32. The molecule has 0 saturated carbocycles. The maximum absolute atomic E-state index is 12.0. The van der Waals surface area contributed by atoms with E-state index in [0.29, 0.717) is 22.2 Å². The highest BCUT2D eigenvalue weighted by Crippen LogP contribution is 2.31. The highest BCUT2D eigenvalue weighted by Gasteiger charge is 2.29.